The summed E-state index contributed by atoms with van der Waals surface area (Å²) in [6, 6.07) is 7.47. The number of carbonyl (C=O) groups excluding carboxylic acids is 2. The maximum Gasteiger partial charge on any atom is 0.263 e. The molecular formula is C17H12F2N4O2. The van der Waals surface area contributed by atoms with Crippen LogP contribution in [0.4, 0.5) is 20.2 Å². The summed E-state index contributed by atoms with van der Waals surface area (Å²) < 4.78 is 26.9. The summed E-state index contributed by atoms with van der Waals surface area (Å²) in [7, 11) is 0. The maximum absolute atomic E-state index is 13.8. The molecule has 0 aliphatic carbocycles. The minimum Gasteiger partial charge on any atom is -0.271 e. The minimum atomic E-state index is -0.998. The van der Waals surface area contributed by atoms with E-state index in [0.717, 1.165) is 4.90 Å². The van der Waals surface area contributed by atoms with Gasteiger partial charge in [-0.3, -0.25) is 9.59 Å². The van der Waals surface area contributed by atoms with Gasteiger partial charge in [-0.1, -0.05) is 11.3 Å². The zero-order valence-corrected chi connectivity index (χ0v) is 13.1. The number of hydrogen-bond donors (Lipinski definition) is 0. The van der Waals surface area contributed by atoms with Crippen molar-refractivity contribution in [2.75, 3.05) is 9.91 Å². The first-order chi connectivity index (χ1) is 12.0. The number of fused-ring (bicyclic) bond motifs is 1. The second-order valence-corrected chi connectivity index (χ2v) is 5.86. The summed E-state index contributed by atoms with van der Waals surface area (Å²) in [6.45, 7) is 1.62. The van der Waals surface area contributed by atoms with E-state index in [0.29, 0.717) is 11.3 Å². The van der Waals surface area contributed by atoms with E-state index in [1.165, 1.54) is 35.3 Å². The highest BCUT2D eigenvalue weighted by atomic mass is 19.1. The molecule has 2 aliphatic rings. The Morgan fingerprint density at radius 3 is 2.32 bits per heavy atom. The van der Waals surface area contributed by atoms with Crippen LogP contribution >= 0.6 is 0 Å². The number of carbonyl (C=O) groups is 2. The molecule has 2 aliphatic heterocycles. The Bertz CT molecular complexity index is 913. The summed E-state index contributed by atoms with van der Waals surface area (Å²) in [6.07, 6.45) is 0. The third-order valence-corrected chi connectivity index (χ3v) is 4.29. The van der Waals surface area contributed by atoms with E-state index in [-0.39, 0.29) is 5.69 Å². The average molecular weight is 342 g/mol. The van der Waals surface area contributed by atoms with Crippen molar-refractivity contribution < 1.29 is 18.4 Å². The summed E-state index contributed by atoms with van der Waals surface area (Å²) >= 11 is 0. The zero-order valence-electron chi connectivity index (χ0n) is 13.1. The summed E-state index contributed by atoms with van der Waals surface area (Å²) in [5.41, 5.74) is 1.05. The number of benzene rings is 2. The van der Waals surface area contributed by atoms with Gasteiger partial charge in [0.05, 0.1) is 11.4 Å². The van der Waals surface area contributed by atoms with E-state index in [2.05, 4.69) is 10.3 Å². The first kappa shape index (κ1) is 15.4. The Hall–Kier alpha value is -3.16. The number of nitrogens with zero attached hydrogens (tertiary/aromatic N) is 4. The van der Waals surface area contributed by atoms with E-state index in [9.17, 15) is 18.4 Å². The van der Waals surface area contributed by atoms with E-state index < -0.39 is 35.5 Å². The Morgan fingerprint density at radius 2 is 1.64 bits per heavy atom. The molecule has 0 N–H and O–H groups in total. The Labute approximate surface area is 141 Å². The van der Waals surface area contributed by atoms with Crippen molar-refractivity contribution >= 4 is 23.2 Å². The number of halogens is 2. The van der Waals surface area contributed by atoms with Crippen molar-refractivity contribution in [2.24, 2.45) is 10.3 Å². The molecule has 0 saturated carbocycles. The molecule has 0 aromatic heterocycles. The van der Waals surface area contributed by atoms with Gasteiger partial charge in [0, 0.05) is 0 Å². The second-order valence-electron chi connectivity index (χ2n) is 5.86. The largest absolute Gasteiger partial charge is 0.271 e. The average Bonchev–Trinajstić information content (AvgIpc) is 3.13. The Balaban J connectivity index is 1.70. The Morgan fingerprint density at radius 1 is 0.960 bits per heavy atom. The monoisotopic (exact) mass is 342 g/mol. The SMILES string of the molecule is Cc1ccc(N2N=N[C@H]3C(=O)N(c4ccc(F)cc4)C(=O)[C@H]32)cc1F. The van der Waals surface area contributed by atoms with Crippen molar-refractivity contribution in [3.05, 3.63) is 59.7 Å². The fourth-order valence-corrected chi connectivity index (χ4v) is 2.94. The number of amides is 2. The maximum atomic E-state index is 13.8. The molecule has 25 heavy (non-hydrogen) atoms. The van der Waals surface area contributed by atoms with Crippen molar-refractivity contribution in [1.82, 2.24) is 0 Å². The molecule has 2 aromatic carbocycles. The standard InChI is InChI=1S/C17H12F2N4O2/c1-9-2-5-12(8-13(9)19)23-15-14(20-21-23)16(24)22(17(15)25)11-6-3-10(18)4-7-11/h2-8,14-15H,1H3/t14-,15+/m1/s1. The predicted octanol–water partition coefficient (Wildman–Crippen LogP) is 2.77. The molecule has 2 amide bonds. The molecule has 0 spiro atoms. The van der Waals surface area contributed by atoms with Gasteiger partial charge in [-0.15, -0.1) is 0 Å². The summed E-state index contributed by atoms with van der Waals surface area (Å²) in [5.74, 6) is -1.99. The van der Waals surface area contributed by atoms with E-state index in [4.69, 9.17) is 0 Å². The van der Waals surface area contributed by atoms with Crippen LogP contribution in [0.25, 0.3) is 0 Å². The number of hydrogen-bond acceptors (Lipinski definition) is 5. The van der Waals surface area contributed by atoms with Gasteiger partial charge in [-0.2, -0.15) is 5.11 Å². The smallest absolute Gasteiger partial charge is 0.263 e. The van der Waals surface area contributed by atoms with Crippen molar-refractivity contribution in [3.63, 3.8) is 0 Å². The van der Waals surface area contributed by atoms with Gasteiger partial charge in [0.25, 0.3) is 11.8 Å². The Kier molecular flexibility index (Phi) is 3.34. The van der Waals surface area contributed by atoms with Gasteiger partial charge in [0.15, 0.2) is 12.1 Å². The van der Waals surface area contributed by atoms with Crippen LogP contribution in [-0.4, -0.2) is 23.9 Å². The zero-order chi connectivity index (χ0) is 17.7. The molecule has 2 atom stereocenters. The van der Waals surface area contributed by atoms with Gasteiger partial charge < -0.3 is 0 Å². The van der Waals surface area contributed by atoms with Gasteiger partial charge in [-0.05, 0) is 48.9 Å². The topological polar surface area (TPSA) is 65.3 Å². The van der Waals surface area contributed by atoms with Crippen LogP contribution in [-0.2, 0) is 9.59 Å². The quantitative estimate of drug-likeness (QED) is 0.788. The third kappa shape index (κ3) is 2.29. The molecule has 6 nitrogen and oxygen atoms in total. The lowest BCUT2D eigenvalue weighted by molar-refractivity contribution is -0.121. The lowest BCUT2D eigenvalue weighted by Crippen LogP contribution is -2.40. The third-order valence-electron chi connectivity index (χ3n) is 4.29. The van der Waals surface area contributed by atoms with E-state index in [1.54, 1.807) is 19.1 Å². The first-order valence-corrected chi connectivity index (χ1v) is 7.57. The van der Waals surface area contributed by atoms with Crippen molar-refractivity contribution in [2.45, 2.75) is 19.0 Å². The van der Waals surface area contributed by atoms with Gasteiger partial charge in [-0.25, -0.2) is 18.7 Å². The van der Waals surface area contributed by atoms with Gasteiger partial charge >= 0.3 is 0 Å². The number of aryl methyl sites for hydroxylation is 1. The normalized spacial score (nSPS) is 22.0. The van der Waals surface area contributed by atoms with E-state index >= 15 is 0 Å². The molecule has 4 rings (SSSR count). The van der Waals surface area contributed by atoms with Crippen LogP contribution in [0.3, 0.4) is 0 Å². The molecule has 2 heterocycles. The highest BCUT2D eigenvalue weighted by Gasteiger charge is 2.55. The summed E-state index contributed by atoms with van der Waals surface area (Å²) in [4.78, 5) is 26.3. The molecule has 1 saturated heterocycles. The van der Waals surface area contributed by atoms with Crippen molar-refractivity contribution in [3.8, 4) is 0 Å². The van der Waals surface area contributed by atoms with E-state index in [1.807, 2.05) is 0 Å². The minimum absolute atomic E-state index is 0.260. The lowest BCUT2D eigenvalue weighted by atomic mass is 10.1. The van der Waals surface area contributed by atoms with Gasteiger partial charge in [0.1, 0.15) is 11.6 Å². The molecular weight excluding hydrogens is 330 g/mol. The molecule has 126 valence electrons. The van der Waals surface area contributed by atoms with Crippen LogP contribution in [0.1, 0.15) is 5.56 Å². The van der Waals surface area contributed by atoms with Crippen molar-refractivity contribution in [1.29, 1.82) is 0 Å². The first-order valence-electron chi connectivity index (χ1n) is 7.57. The fraction of sp³-hybridized carbons (Fsp3) is 0.176. The number of imide groups is 1. The molecule has 8 heteroatoms. The molecule has 2 aromatic rings. The predicted molar refractivity (Wildman–Crippen MR) is 84.9 cm³/mol. The van der Waals surface area contributed by atoms with Crippen LogP contribution in [0, 0.1) is 18.6 Å². The molecule has 0 unspecified atom stereocenters. The molecule has 0 bridgehead atoms. The van der Waals surface area contributed by atoms with Gasteiger partial charge in [0.2, 0.25) is 0 Å². The summed E-state index contributed by atoms with van der Waals surface area (Å²) in [5, 5.41) is 8.99. The fourth-order valence-electron chi connectivity index (χ4n) is 2.94. The molecule has 1 fully saturated rings. The number of anilines is 2. The molecule has 0 radical (unpaired) electrons. The van der Waals surface area contributed by atoms with Crippen LogP contribution in [0.15, 0.2) is 52.8 Å². The highest BCUT2D eigenvalue weighted by Crippen LogP contribution is 2.35. The van der Waals surface area contributed by atoms with Crippen LogP contribution in [0.2, 0.25) is 0 Å². The number of rotatable bonds is 2. The highest BCUT2D eigenvalue weighted by molar-refractivity contribution is 6.26. The van der Waals surface area contributed by atoms with Crippen LogP contribution in [0.5, 0.6) is 0 Å². The second kappa shape index (κ2) is 5.44. The van der Waals surface area contributed by atoms with Crippen LogP contribution < -0.4 is 9.91 Å². The lowest BCUT2D eigenvalue weighted by Gasteiger charge is -2.20.